The molecule has 1 aliphatic carbocycles. The summed E-state index contributed by atoms with van der Waals surface area (Å²) in [6, 6.07) is 2.20. The minimum Gasteiger partial charge on any atom is -0.365 e. The highest BCUT2D eigenvalue weighted by atomic mass is 32.1. The number of alkyl halides is 5. The van der Waals surface area contributed by atoms with Gasteiger partial charge >= 0.3 is 6.18 Å². The van der Waals surface area contributed by atoms with Crippen molar-refractivity contribution in [3.05, 3.63) is 46.0 Å². The number of anilines is 1. The molecule has 1 saturated carbocycles. The van der Waals surface area contributed by atoms with Crippen molar-refractivity contribution < 1.29 is 31.5 Å². The number of thiophene rings is 1. The molecule has 0 aliphatic heterocycles. The van der Waals surface area contributed by atoms with E-state index in [-0.39, 0.29) is 38.8 Å². The Morgan fingerprint density at radius 2 is 1.90 bits per heavy atom. The Balaban J connectivity index is 1.55. The van der Waals surface area contributed by atoms with Gasteiger partial charge in [0.05, 0.1) is 24.3 Å². The first-order valence-electron chi connectivity index (χ1n) is 12.8. The molecule has 218 valence electrons. The van der Waals surface area contributed by atoms with E-state index in [9.17, 15) is 31.5 Å². The monoisotopic (exact) mass is 595 g/mol. The minimum atomic E-state index is -4.63. The first-order chi connectivity index (χ1) is 19.3. The van der Waals surface area contributed by atoms with Crippen molar-refractivity contribution in [2.45, 2.75) is 65.2 Å². The van der Waals surface area contributed by atoms with Gasteiger partial charge in [-0.05, 0) is 44.4 Å². The Kier molecular flexibility index (Phi) is 7.34. The van der Waals surface area contributed by atoms with E-state index in [1.807, 2.05) is 6.92 Å². The molecule has 4 aromatic heterocycles. The molecule has 3 N–H and O–H groups in total. The van der Waals surface area contributed by atoms with Gasteiger partial charge in [0.25, 0.3) is 12.3 Å². The molecule has 1 fully saturated rings. The summed E-state index contributed by atoms with van der Waals surface area (Å²) in [5.74, 6) is -2.46. The van der Waals surface area contributed by atoms with E-state index >= 15 is 0 Å². The standard InChI is InChI=1S/C26H26F5N7O2S/c1-4-37-12(3)15(9-33-37)14-7-16(22(27)28)34-25-19(14)20(21(41-25)23(32)39)35-24(40)11(2)10-38-17(13-5-6-13)8-18(36-38)26(29,30)31/h7-9,11,13,22H,4-6,10H2,1-3H3,(H2,32,39)(H,35,40). The number of rotatable bonds is 9. The zero-order valence-corrected chi connectivity index (χ0v) is 23.0. The van der Waals surface area contributed by atoms with Crippen molar-refractivity contribution in [2.75, 3.05) is 5.32 Å². The molecule has 1 unspecified atom stereocenters. The molecule has 1 atom stereocenters. The molecule has 0 bridgehead atoms. The summed E-state index contributed by atoms with van der Waals surface area (Å²) < 4.78 is 70.5. The molecule has 4 heterocycles. The number of nitrogens with two attached hydrogens (primary N) is 1. The molecule has 2 amide bonds. The molecule has 5 rings (SSSR count). The molecule has 4 aromatic rings. The molecule has 1 aliphatic rings. The van der Waals surface area contributed by atoms with E-state index in [2.05, 4.69) is 20.5 Å². The lowest BCUT2D eigenvalue weighted by Gasteiger charge is -2.16. The number of fused-ring (bicyclic) bond motifs is 1. The average Bonchev–Trinajstić information content (AvgIpc) is 3.37. The quantitative estimate of drug-likeness (QED) is 0.234. The van der Waals surface area contributed by atoms with Gasteiger partial charge in [-0.15, -0.1) is 11.3 Å². The highest BCUT2D eigenvalue weighted by molar-refractivity contribution is 7.21. The summed E-state index contributed by atoms with van der Waals surface area (Å²) in [6.07, 6.45) is -4.56. The predicted molar refractivity (Wildman–Crippen MR) is 142 cm³/mol. The smallest absolute Gasteiger partial charge is 0.365 e. The third kappa shape index (κ3) is 5.42. The van der Waals surface area contributed by atoms with Crippen LogP contribution in [-0.2, 0) is 24.1 Å². The zero-order valence-electron chi connectivity index (χ0n) is 22.2. The predicted octanol–water partition coefficient (Wildman–Crippen LogP) is 5.89. The lowest BCUT2D eigenvalue weighted by molar-refractivity contribution is -0.141. The van der Waals surface area contributed by atoms with E-state index in [0.717, 1.165) is 30.2 Å². The average molecular weight is 596 g/mol. The van der Waals surface area contributed by atoms with Crippen molar-refractivity contribution in [1.29, 1.82) is 0 Å². The van der Waals surface area contributed by atoms with Crippen molar-refractivity contribution >= 4 is 39.1 Å². The van der Waals surface area contributed by atoms with Crippen molar-refractivity contribution in [2.24, 2.45) is 11.7 Å². The first-order valence-corrected chi connectivity index (χ1v) is 13.7. The van der Waals surface area contributed by atoms with Gasteiger partial charge < -0.3 is 11.1 Å². The second kappa shape index (κ2) is 10.5. The largest absolute Gasteiger partial charge is 0.435 e. The Morgan fingerprint density at radius 3 is 2.46 bits per heavy atom. The van der Waals surface area contributed by atoms with Gasteiger partial charge in [-0.1, -0.05) is 6.92 Å². The van der Waals surface area contributed by atoms with Crippen molar-refractivity contribution in [1.82, 2.24) is 24.5 Å². The van der Waals surface area contributed by atoms with Gasteiger partial charge in [0, 0.05) is 34.8 Å². The van der Waals surface area contributed by atoms with Gasteiger partial charge in [0.2, 0.25) is 5.91 Å². The number of hydrogen-bond acceptors (Lipinski definition) is 6. The third-order valence-corrected chi connectivity index (χ3v) is 8.16. The number of nitrogens with zero attached hydrogens (tertiary/aromatic N) is 5. The summed E-state index contributed by atoms with van der Waals surface area (Å²) in [7, 11) is 0. The maximum atomic E-state index is 13.8. The van der Waals surface area contributed by atoms with Gasteiger partial charge in [0.15, 0.2) is 5.69 Å². The summed E-state index contributed by atoms with van der Waals surface area (Å²) in [4.78, 5) is 29.8. The summed E-state index contributed by atoms with van der Waals surface area (Å²) in [5.41, 5.74) is 5.92. The number of halogens is 5. The van der Waals surface area contributed by atoms with Crippen LogP contribution in [0.3, 0.4) is 0 Å². The normalized spacial score (nSPS) is 14.7. The number of primary amides is 1. The molecule has 0 aromatic carbocycles. The molecule has 15 heteroatoms. The minimum absolute atomic E-state index is 0.000164. The Bertz CT molecular complexity index is 1650. The fourth-order valence-electron chi connectivity index (χ4n) is 4.78. The van der Waals surface area contributed by atoms with Crippen LogP contribution >= 0.6 is 11.3 Å². The molecule has 0 radical (unpaired) electrons. The molecule has 9 nitrogen and oxygen atoms in total. The molecular formula is C26H26F5N7O2S. The van der Waals surface area contributed by atoms with Crippen LogP contribution in [0, 0.1) is 12.8 Å². The van der Waals surface area contributed by atoms with Crippen LogP contribution in [0.2, 0.25) is 0 Å². The highest BCUT2D eigenvalue weighted by Crippen LogP contribution is 2.44. The number of aryl methyl sites for hydroxylation is 1. The third-order valence-electron chi connectivity index (χ3n) is 7.06. The summed E-state index contributed by atoms with van der Waals surface area (Å²) >= 11 is 0.766. The summed E-state index contributed by atoms with van der Waals surface area (Å²) in [6.45, 7) is 5.52. The number of aromatic nitrogens is 5. The second-order valence-electron chi connectivity index (χ2n) is 10.0. The van der Waals surface area contributed by atoms with Gasteiger partial charge in [-0.2, -0.15) is 23.4 Å². The van der Waals surface area contributed by atoms with E-state index in [0.29, 0.717) is 23.5 Å². The second-order valence-corrected chi connectivity index (χ2v) is 11.0. The van der Waals surface area contributed by atoms with Crippen LogP contribution in [0.5, 0.6) is 0 Å². The van der Waals surface area contributed by atoms with Crippen molar-refractivity contribution in [3.63, 3.8) is 0 Å². The fourth-order valence-corrected chi connectivity index (χ4v) is 5.79. The molecule has 41 heavy (non-hydrogen) atoms. The Labute approximate surface area is 234 Å². The molecular weight excluding hydrogens is 569 g/mol. The number of hydrogen-bond donors (Lipinski definition) is 2. The number of amides is 2. The fraction of sp³-hybridized carbons (Fsp3) is 0.423. The van der Waals surface area contributed by atoms with Crippen LogP contribution in [0.1, 0.15) is 71.5 Å². The Hall–Kier alpha value is -3.88. The van der Waals surface area contributed by atoms with Crippen LogP contribution in [0.4, 0.5) is 27.6 Å². The lowest BCUT2D eigenvalue weighted by Crippen LogP contribution is -2.26. The first kappa shape index (κ1) is 28.6. The van der Waals surface area contributed by atoms with E-state index in [4.69, 9.17) is 5.73 Å². The van der Waals surface area contributed by atoms with Crippen LogP contribution in [0.25, 0.3) is 21.3 Å². The Morgan fingerprint density at radius 1 is 1.20 bits per heavy atom. The van der Waals surface area contributed by atoms with E-state index in [1.165, 1.54) is 23.9 Å². The number of nitrogens with one attached hydrogen (secondary N) is 1. The van der Waals surface area contributed by atoms with E-state index in [1.54, 1.807) is 11.6 Å². The van der Waals surface area contributed by atoms with Gasteiger partial charge in [0.1, 0.15) is 15.4 Å². The van der Waals surface area contributed by atoms with Gasteiger partial charge in [-0.25, -0.2) is 13.8 Å². The SMILES string of the molecule is CCn1ncc(-c2cc(C(F)F)nc3sc(C(N)=O)c(NC(=O)C(C)Cn4nc(C(F)(F)F)cc4C4CC4)c23)c1C. The van der Waals surface area contributed by atoms with Crippen LogP contribution < -0.4 is 11.1 Å². The van der Waals surface area contributed by atoms with Crippen LogP contribution in [0.15, 0.2) is 18.3 Å². The summed E-state index contributed by atoms with van der Waals surface area (Å²) in [5, 5.41) is 10.9. The van der Waals surface area contributed by atoms with Crippen LogP contribution in [-0.4, -0.2) is 36.4 Å². The van der Waals surface area contributed by atoms with E-state index < -0.39 is 41.7 Å². The molecule has 0 saturated heterocycles. The maximum Gasteiger partial charge on any atom is 0.435 e. The topological polar surface area (TPSA) is 121 Å². The highest BCUT2D eigenvalue weighted by Gasteiger charge is 2.38. The molecule has 0 spiro atoms. The lowest BCUT2D eigenvalue weighted by atomic mass is 10.0. The number of pyridine rings is 1. The number of carbonyl (C=O) groups is 2. The maximum absolute atomic E-state index is 13.8. The van der Waals surface area contributed by atoms with Crippen molar-refractivity contribution in [3.8, 4) is 11.1 Å². The van der Waals surface area contributed by atoms with Gasteiger partial charge in [-0.3, -0.25) is 19.0 Å². The zero-order chi connectivity index (χ0) is 29.8. The number of carbonyl (C=O) groups excluding carboxylic acids is 2.